The van der Waals surface area contributed by atoms with Crippen LogP contribution in [0, 0.1) is 34.0 Å². The van der Waals surface area contributed by atoms with Gasteiger partial charge in [0.05, 0.1) is 18.1 Å². The Bertz CT molecular complexity index is 890. The molecule has 4 fully saturated rings. The first kappa shape index (κ1) is 23.0. The van der Waals surface area contributed by atoms with Crippen LogP contribution in [0.15, 0.2) is 12.2 Å². The number of carbonyl (C=O) groups is 4. The minimum atomic E-state index is -1.56. The van der Waals surface area contributed by atoms with E-state index in [9.17, 15) is 24.3 Å². The lowest BCUT2D eigenvalue weighted by molar-refractivity contribution is -0.264. The normalized spacial score (nSPS) is 42.3. The number of carbonyl (C=O) groups excluding carboxylic acids is 4. The number of ether oxygens (including phenoxy) is 3. The van der Waals surface area contributed by atoms with E-state index in [4.69, 9.17) is 14.2 Å². The van der Waals surface area contributed by atoms with E-state index in [1.165, 1.54) is 13.8 Å². The van der Waals surface area contributed by atoms with Gasteiger partial charge in [-0.05, 0) is 42.6 Å². The molecule has 176 valence electrons. The van der Waals surface area contributed by atoms with Crippen molar-refractivity contribution >= 4 is 23.7 Å². The third-order valence-electron chi connectivity index (χ3n) is 8.60. The summed E-state index contributed by atoms with van der Waals surface area (Å²) in [6.07, 6.45) is 0.0116. The maximum atomic E-state index is 13.5. The average Bonchev–Trinajstić information content (AvgIpc) is 2.88. The van der Waals surface area contributed by atoms with E-state index < -0.39 is 58.2 Å². The van der Waals surface area contributed by atoms with Gasteiger partial charge in [0.2, 0.25) is 0 Å². The number of ketones is 1. The molecule has 3 saturated carbocycles. The number of hydrogen-bond acceptors (Lipinski definition) is 8. The molecule has 7 atom stereocenters. The van der Waals surface area contributed by atoms with Crippen molar-refractivity contribution in [3.63, 3.8) is 0 Å². The zero-order valence-corrected chi connectivity index (χ0v) is 19.1. The Labute approximate surface area is 187 Å². The SMILES string of the molecule is C=C1C(=O)C23CC1CC(O)C2C1(COC3=O)C(OC(C)=O)CCC(C)(C)C1COC(C)=O. The van der Waals surface area contributed by atoms with Crippen molar-refractivity contribution in [1.29, 1.82) is 0 Å². The van der Waals surface area contributed by atoms with Gasteiger partial charge in [-0.2, -0.15) is 0 Å². The van der Waals surface area contributed by atoms with Crippen LogP contribution in [-0.4, -0.2) is 54.2 Å². The van der Waals surface area contributed by atoms with Crippen LogP contribution in [0.3, 0.4) is 0 Å². The van der Waals surface area contributed by atoms with Crippen LogP contribution in [-0.2, 0) is 33.4 Å². The standard InChI is InChI=1S/C24H32O8/c1-12-15-8-16(27)19-23(9-15,20(12)28)21(29)31-11-24(19)17(10-30-13(2)25)22(4,5)7-6-18(24)32-14(3)26/h15-19,27H,1,6-11H2,2-5H3. The van der Waals surface area contributed by atoms with E-state index in [0.29, 0.717) is 24.8 Å². The lowest BCUT2D eigenvalue weighted by atomic mass is 9.43. The zero-order chi connectivity index (χ0) is 23.6. The van der Waals surface area contributed by atoms with Gasteiger partial charge in [0.1, 0.15) is 18.1 Å². The second-order valence-electron chi connectivity index (χ2n) is 10.7. The number of rotatable bonds is 3. The van der Waals surface area contributed by atoms with Gasteiger partial charge >= 0.3 is 17.9 Å². The molecule has 8 nitrogen and oxygen atoms in total. The molecule has 2 spiro atoms. The first-order chi connectivity index (χ1) is 14.9. The molecular weight excluding hydrogens is 416 g/mol. The number of aliphatic hydroxyl groups is 1. The van der Waals surface area contributed by atoms with Crippen molar-refractivity contribution in [2.75, 3.05) is 13.2 Å². The summed E-state index contributed by atoms with van der Waals surface area (Å²) in [7, 11) is 0. The van der Waals surface area contributed by atoms with Crippen molar-refractivity contribution in [2.45, 2.75) is 65.6 Å². The third kappa shape index (κ3) is 2.98. The van der Waals surface area contributed by atoms with Gasteiger partial charge < -0.3 is 19.3 Å². The molecule has 32 heavy (non-hydrogen) atoms. The van der Waals surface area contributed by atoms with Gasteiger partial charge in [-0.15, -0.1) is 0 Å². The van der Waals surface area contributed by atoms with Crippen molar-refractivity contribution in [3.8, 4) is 0 Å². The molecule has 0 radical (unpaired) electrons. The topological polar surface area (TPSA) is 116 Å². The van der Waals surface area contributed by atoms with Crippen molar-refractivity contribution in [1.82, 2.24) is 0 Å². The molecule has 3 aliphatic carbocycles. The van der Waals surface area contributed by atoms with E-state index in [0.717, 1.165) is 0 Å². The van der Waals surface area contributed by atoms with Crippen molar-refractivity contribution in [3.05, 3.63) is 12.2 Å². The monoisotopic (exact) mass is 448 g/mol. The zero-order valence-electron chi connectivity index (χ0n) is 19.1. The molecule has 1 N–H and O–H groups in total. The van der Waals surface area contributed by atoms with E-state index in [1.807, 2.05) is 13.8 Å². The lowest BCUT2D eigenvalue weighted by Gasteiger charge is -2.63. The Kier molecular flexibility index (Phi) is 5.31. The molecule has 0 amide bonds. The predicted octanol–water partition coefficient (Wildman–Crippen LogP) is 1.97. The van der Waals surface area contributed by atoms with Crippen molar-refractivity contribution in [2.24, 2.45) is 34.0 Å². The molecule has 7 unspecified atom stereocenters. The highest BCUT2D eigenvalue weighted by atomic mass is 16.6. The quantitative estimate of drug-likeness (QED) is 0.302. The number of Topliss-reactive ketones (excluding diaryl/α,β-unsaturated/α-hetero) is 1. The summed E-state index contributed by atoms with van der Waals surface area (Å²) in [5.74, 6) is -3.50. The van der Waals surface area contributed by atoms with Crippen LogP contribution in [0.4, 0.5) is 0 Å². The highest BCUT2D eigenvalue weighted by molar-refractivity contribution is 6.15. The fraction of sp³-hybridized carbons (Fsp3) is 0.750. The number of fused-ring (bicyclic) bond motifs is 2. The Morgan fingerprint density at radius 2 is 1.91 bits per heavy atom. The van der Waals surface area contributed by atoms with Crippen LogP contribution in [0.2, 0.25) is 0 Å². The smallest absolute Gasteiger partial charge is 0.320 e. The molecule has 2 bridgehead atoms. The molecule has 4 aliphatic rings. The van der Waals surface area contributed by atoms with E-state index in [-0.39, 0.29) is 31.3 Å². The Morgan fingerprint density at radius 3 is 2.53 bits per heavy atom. The highest BCUT2D eigenvalue weighted by Crippen LogP contribution is 2.68. The van der Waals surface area contributed by atoms with Crippen molar-refractivity contribution < 1.29 is 38.5 Å². The first-order valence-corrected chi connectivity index (χ1v) is 11.3. The number of allylic oxidation sites excluding steroid dienone is 1. The minimum absolute atomic E-state index is 0.00944. The summed E-state index contributed by atoms with van der Waals surface area (Å²) < 4.78 is 17.0. The molecule has 0 aromatic rings. The lowest BCUT2D eigenvalue weighted by Crippen LogP contribution is -2.71. The maximum absolute atomic E-state index is 13.5. The largest absolute Gasteiger partial charge is 0.466 e. The summed E-state index contributed by atoms with van der Waals surface area (Å²) in [6.45, 7) is 10.5. The van der Waals surface area contributed by atoms with Crippen LogP contribution >= 0.6 is 0 Å². The Balaban J connectivity index is 1.93. The molecule has 1 heterocycles. The Morgan fingerprint density at radius 1 is 1.22 bits per heavy atom. The number of hydrogen-bond donors (Lipinski definition) is 1. The number of esters is 3. The summed E-state index contributed by atoms with van der Waals surface area (Å²) in [5, 5.41) is 11.4. The van der Waals surface area contributed by atoms with Gasteiger partial charge in [-0.3, -0.25) is 19.2 Å². The molecule has 0 aromatic carbocycles. The van der Waals surface area contributed by atoms with E-state index >= 15 is 0 Å². The molecule has 4 rings (SSSR count). The summed E-state index contributed by atoms with van der Waals surface area (Å²) >= 11 is 0. The average molecular weight is 449 g/mol. The molecule has 1 aliphatic heterocycles. The Hall–Kier alpha value is -2.22. The fourth-order valence-corrected chi connectivity index (χ4v) is 7.31. The number of cyclic esters (lactones) is 1. The number of aliphatic hydroxyl groups excluding tert-OH is 1. The molecule has 8 heteroatoms. The van der Waals surface area contributed by atoms with Crippen LogP contribution in [0.1, 0.15) is 53.4 Å². The summed E-state index contributed by atoms with van der Waals surface area (Å²) in [4.78, 5) is 50.5. The van der Waals surface area contributed by atoms with Gasteiger partial charge in [-0.25, -0.2) is 0 Å². The molecular formula is C24H32O8. The minimum Gasteiger partial charge on any atom is -0.466 e. The summed E-state index contributed by atoms with van der Waals surface area (Å²) in [6, 6.07) is 0. The van der Waals surface area contributed by atoms with E-state index in [1.54, 1.807) is 0 Å². The highest BCUT2D eigenvalue weighted by Gasteiger charge is 2.76. The summed E-state index contributed by atoms with van der Waals surface area (Å²) in [5.41, 5.74) is -2.69. The van der Waals surface area contributed by atoms with Crippen LogP contribution in [0.25, 0.3) is 0 Å². The van der Waals surface area contributed by atoms with Crippen LogP contribution < -0.4 is 0 Å². The van der Waals surface area contributed by atoms with Gasteiger partial charge in [0, 0.05) is 25.7 Å². The maximum Gasteiger partial charge on any atom is 0.320 e. The second-order valence-corrected chi connectivity index (χ2v) is 10.7. The van der Waals surface area contributed by atoms with Crippen LogP contribution in [0.5, 0.6) is 0 Å². The molecule has 1 saturated heterocycles. The first-order valence-electron chi connectivity index (χ1n) is 11.3. The molecule has 0 aromatic heterocycles. The van der Waals surface area contributed by atoms with Gasteiger partial charge in [0.25, 0.3) is 0 Å². The predicted molar refractivity (Wildman–Crippen MR) is 111 cm³/mol. The fourth-order valence-electron chi connectivity index (χ4n) is 7.31. The second kappa shape index (κ2) is 7.40. The van der Waals surface area contributed by atoms with E-state index in [2.05, 4.69) is 6.58 Å². The third-order valence-corrected chi connectivity index (χ3v) is 8.60. The van der Waals surface area contributed by atoms with Gasteiger partial charge in [0.15, 0.2) is 5.78 Å². The van der Waals surface area contributed by atoms with Gasteiger partial charge in [-0.1, -0.05) is 20.4 Å².